The molecule has 5 heteroatoms. The third-order valence-electron chi connectivity index (χ3n) is 2.64. The molecule has 1 amide bonds. The molecule has 0 bridgehead atoms. The van der Waals surface area contributed by atoms with E-state index in [-0.39, 0.29) is 12.0 Å². The molecule has 0 spiro atoms. The number of hydrogen-bond donors (Lipinski definition) is 1. The highest BCUT2D eigenvalue weighted by Gasteiger charge is 2.28. The van der Waals surface area contributed by atoms with Crippen molar-refractivity contribution in [3.05, 3.63) is 0 Å². The number of carboxylic acid groups (broad SMARTS) is 1. The molecular weight excluding hydrogens is 184 g/mol. The Hall–Kier alpha value is -0.810. The average molecular weight is 201 g/mol. The fourth-order valence-corrected chi connectivity index (χ4v) is 1.80. The summed E-state index contributed by atoms with van der Waals surface area (Å²) in [6.07, 6.45) is -0.434. The van der Waals surface area contributed by atoms with Crippen LogP contribution in [0.15, 0.2) is 0 Å². The zero-order valence-corrected chi connectivity index (χ0v) is 8.44. The zero-order chi connectivity index (χ0) is 10.6. The number of amides is 1. The molecule has 0 aromatic heterocycles. The van der Waals surface area contributed by atoms with Crippen molar-refractivity contribution >= 4 is 6.09 Å². The number of hydrogen-bond acceptors (Lipinski definition) is 4. The Morgan fingerprint density at radius 3 is 2.93 bits per heavy atom. The predicted octanol–water partition coefficient (Wildman–Crippen LogP) is -0.985. The van der Waals surface area contributed by atoms with E-state index in [2.05, 4.69) is 0 Å². The minimum Gasteiger partial charge on any atom is -0.530 e. The molecule has 82 valence electrons. The van der Waals surface area contributed by atoms with Crippen molar-refractivity contribution in [3.8, 4) is 0 Å². The first-order valence-electron chi connectivity index (χ1n) is 4.96. The minimum atomic E-state index is -1.12. The number of rotatable bonds is 3. The van der Waals surface area contributed by atoms with Crippen molar-refractivity contribution < 1.29 is 14.6 Å². The Kier molecular flexibility index (Phi) is 4.16. The van der Waals surface area contributed by atoms with Crippen LogP contribution in [0.2, 0.25) is 0 Å². The Balaban J connectivity index is 2.52. The van der Waals surface area contributed by atoms with E-state index in [1.54, 1.807) is 0 Å². The fraction of sp³-hybridized carbons (Fsp3) is 0.889. The number of nitrogens with zero attached hydrogens (tertiary/aromatic N) is 1. The zero-order valence-electron chi connectivity index (χ0n) is 8.44. The van der Waals surface area contributed by atoms with Crippen LogP contribution >= 0.6 is 0 Å². The molecule has 2 unspecified atom stereocenters. The van der Waals surface area contributed by atoms with Crippen molar-refractivity contribution in [3.63, 3.8) is 0 Å². The number of piperidine rings is 1. The molecule has 0 saturated carbocycles. The summed E-state index contributed by atoms with van der Waals surface area (Å²) in [4.78, 5) is 11.9. The summed E-state index contributed by atoms with van der Waals surface area (Å²) >= 11 is 0. The minimum absolute atomic E-state index is 0.0725. The molecule has 14 heavy (non-hydrogen) atoms. The normalized spacial score (nSPS) is 27.7. The van der Waals surface area contributed by atoms with Crippen LogP contribution in [0.1, 0.15) is 13.3 Å². The molecule has 0 aromatic rings. The summed E-state index contributed by atoms with van der Waals surface area (Å²) in [7, 11) is 0. The number of ether oxygens (including phenoxy) is 1. The number of carbonyl (C=O) groups excluding carboxylic acids is 1. The van der Waals surface area contributed by atoms with Gasteiger partial charge < -0.3 is 25.3 Å². The van der Waals surface area contributed by atoms with E-state index in [9.17, 15) is 9.90 Å². The standard InChI is InChI=1S/C9H18N2O3/c1-2-14-8-6-11(9(12)13)4-3-7(8)5-10/h7-8H,2-6,10H2,1H3,(H,12,13)/p-1. The van der Waals surface area contributed by atoms with Gasteiger partial charge in [0, 0.05) is 25.6 Å². The van der Waals surface area contributed by atoms with Gasteiger partial charge in [-0.05, 0) is 19.9 Å². The van der Waals surface area contributed by atoms with Gasteiger partial charge in [-0.15, -0.1) is 0 Å². The molecule has 5 nitrogen and oxygen atoms in total. The molecule has 0 aromatic carbocycles. The molecule has 1 aliphatic rings. The first-order chi connectivity index (χ1) is 6.69. The van der Waals surface area contributed by atoms with Crippen LogP contribution in [0.25, 0.3) is 0 Å². The first-order valence-corrected chi connectivity index (χ1v) is 4.96. The highest BCUT2D eigenvalue weighted by molar-refractivity contribution is 5.62. The molecule has 1 aliphatic heterocycles. The van der Waals surface area contributed by atoms with Gasteiger partial charge in [0.05, 0.1) is 6.10 Å². The maximum Gasteiger partial charge on any atom is 0.137 e. The third kappa shape index (κ3) is 2.59. The van der Waals surface area contributed by atoms with Crippen LogP contribution in [0.3, 0.4) is 0 Å². The monoisotopic (exact) mass is 201 g/mol. The van der Waals surface area contributed by atoms with Crippen LogP contribution in [-0.2, 0) is 4.74 Å². The number of likely N-dealkylation sites (tertiary alicyclic amines) is 1. The molecular formula is C9H17N2O3-. The van der Waals surface area contributed by atoms with Crippen molar-refractivity contribution in [2.24, 2.45) is 11.7 Å². The van der Waals surface area contributed by atoms with Gasteiger partial charge in [-0.2, -0.15) is 0 Å². The molecule has 0 aliphatic carbocycles. The molecule has 0 radical (unpaired) electrons. The van der Waals surface area contributed by atoms with Crippen molar-refractivity contribution in [2.75, 3.05) is 26.2 Å². The smallest absolute Gasteiger partial charge is 0.137 e. The van der Waals surface area contributed by atoms with Gasteiger partial charge in [0.2, 0.25) is 0 Å². The highest BCUT2D eigenvalue weighted by atomic mass is 16.5. The second kappa shape index (κ2) is 5.17. The topological polar surface area (TPSA) is 78.6 Å². The van der Waals surface area contributed by atoms with Gasteiger partial charge in [0.25, 0.3) is 0 Å². The summed E-state index contributed by atoms with van der Waals surface area (Å²) < 4.78 is 5.45. The van der Waals surface area contributed by atoms with Crippen LogP contribution in [-0.4, -0.2) is 43.3 Å². The fourth-order valence-electron chi connectivity index (χ4n) is 1.80. The van der Waals surface area contributed by atoms with Gasteiger partial charge in [-0.25, -0.2) is 0 Å². The van der Waals surface area contributed by atoms with E-state index in [0.717, 1.165) is 6.42 Å². The predicted molar refractivity (Wildman–Crippen MR) is 49.5 cm³/mol. The summed E-state index contributed by atoms with van der Waals surface area (Å²) in [6.45, 7) is 3.92. The Bertz CT molecular complexity index is 198. The second-order valence-electron chi connectivity index (χ2n) is 3.49. The van der Waals surface area contributed by atoms with E-state index in [4.69, 9.17) is 10.5 Å². The van der Waals surface area contributed by atoms with Gasteiger partial charge in [-0.1, -0.05) is 0 Å². The van der Waals surface area contributed by atoms with Crippen LogP contribution in [0.4, 0.5) is 4.79 Å². The quantitative estimate of drug-likeness (QED) is 0.636. The van der Waals surface area contributed by atoms with Gasteiger partial charge in [0.15, 0.2) is 0 Å². The van der Waals surface area contributed by atoms with Gasteiger partial charge in [0.1, 0.15) is 6.09 Å². The summed E-state index contributed by atoms with van der Waals surface area (Å²) in [6, 6.07) is 0. The maximum atomic E-state index is 10.6. The molecule has 2 N–H and O–H groups in total. The Labute approximate surface area is 83.8 Å². The van der Waals surface area contributed by atoms with Crippen molar-refractivity contribution in [1.29, 1.82) is 0 Å². The molecule has 2 atom stereocenters. The first kappa shape index (κ1) is 11.3. The SMILES string of the molecule is CCOC1CN(C(=O)[O-])CCC1CN. The van der Waals surface area contributed by atoms with Crippen LogP contribution in [0.5, 0.6) is 0 Å². The Morgan fingerprint density at radius 2 is 2.43 bits per heavy atom. The summed E-state index contributed by atoms with van der Waals surface area (Å²) in [5.74, 6) is 0.269. The average Bonchev–Trinajstić information content (AvgIpc) is 2.18. The summed E-state index contributed by atoms with van der Waals surface area (Å²) in [5.41, 5.74) is 5.58. The van der Waals surface area contributed by atoms with E-state index in [0.29, 0.717) is 26.2 Å². The van der Waals surface area contributed by atoms with Gasteiger partial charge in [-0.3, -0.25) is 0 Å². The lowest BCUT2D eigenvalue weighted by Crippen LogP contribution is -2.53. The number of nitrogens with two attached hydrogens (primary N) is 1. The lowest BCUT2D eigenvalue weighted by atomic mass is 9.94. The molecule has 1 rings (SSSR count). The van der Waals surface area contributed by atoms with E-state index < -0.39 is 6.09 Å². The van der Waals surface area contributed by atoms with Crippen LogP contribution in [0, 0.1) is 5.92 Å². The van der Waals surface area contributed by atoms with E-state index in [1.165, 1.54) is 4.90 Å². The van der Waals surface area contributed by atoms with Crippen LogP contribution < -0.4 is 10.8 Å². The Morgan fingerprint density at radius 1 is 1.71 bits per heavy atom. The van der Waals surface area contributed by atoms with Gasteiger partial charge >= 0.3 is 0 Å². The lowest BCUT2D eigenvalue weighted by Gasteiger charge is -2.39. The molecule has 1 heterocycles. The van der Waals surface area contributed by atoms with Crippen molar-refractivity contribution in [2.45, 2.75) is 19.4 Å². The van der Waals surface area contributed by atoms with E-state index >= 15 is 0 Å². The lowest BCUT2D eigenvalue weighted by molar-refractivity contribution is -0.268. The largest absolute Gasteiger partial charge is 0.530 e. The van der Waals surface area contributed by atoms with Crippen molar-refractivity contribution in [1.82, 2.24) is 4.90 Å². The third-order valence-corrected chi connectivity index (χ3v) is 2.64. The molecule has 1 saturated heterocycles. The summed E-state index contributed by atoms with van der Waals surface area (Å²) in [5, 5.41) is 10.6. The number of carbonyl (C=O) groups is 1. The highest BCUT2D eigenvalue weighted by Crippen LogP contribution is 2.19. The maximum absolute atomic E-state index is 10.6. The second-order valence-corrected chi connectivity index (χ2v) is 3.49. The molecule has 1 fully saturated rings. The van der Waals surface area contributed by atoms with E-state index in [1.807, 2.05) is 6.92 Å².